The standard InChI is InChI=1S/C16H14O/c17-16-10-9-11(12-5-1-3-7-14(12)16)13-6-2-4-8-15(13)16/h1-8,11,17H,9-10H2. The Morgan fingerprint density at radius 2 is 1.41 bits per heavy atom. The fraction of sp³-hybridized carbons (Fsp3) is 0.250. The Hall–Kier alpha value is -1.60. The summed E-state index contributed by atoms with van der Waals surface area (Å²) in [6.45, 7) is 0. The summed E-state index contributed by atoms with van der Waals surface area (Å²) in [6.07, 6.45) is 1.91. The van der Waals surface area contributed by atoms with E-state index >= 15 is 0 Å². The van der Waals surface area contributed by atoms with Crippen molar-refractivity contribution in [1.29, 1.82) is 0 Å². The minimum Gasteiger partial charge on any atom is -0.380 e. The van der Waals surface area contributed by atoms with Gasteiger partial charge in [-0.1, -0.05) is 48.5 Å². The average Bonchev–Trinajstić information content (AvgIpc) is 2.40. The van der Waals surface area contributed by atoms with E-state index in [9.17, 15) is 5.11 Å². The third-order valence-corrected chi connectivity index (χ3v) is 4.36. The molecule has 17 heavy (non-hydrogen) atoms. The zero-order chi connectivity index (χ0) is 11.5. The lowest BCUT2D eigenvalue weighted by Crippen LogP contribution is -2.39. The second-order valence-corrected chi connectivity index (χ2v) is 5.13. The van der Waals surface area contributed by atoms with Crippen LogP contribution in [0.15, 0.2) is 48.5 Å². The molecule has 0 amide bonds. The number of aliphatic hydroxyl groups is 1. The van der Waals surface area contributed by atoms with Crippen LogP contribution in [0.2, 0.25) is 0 Å². The van der Waals surface area contributed by atoms with E-state index in [1.807, 2.05) is 12.1 Å². The molecule has 0 spiro atoms. The van der Waals surface area contributed by atoms with Crippen molar-refractivity contribution in [2.45, 2.75) is 24.4 Å². The molecule has 84 valence electrons. The molecule has 3 aliphatic carbocycles. The third-order valence-electron chi connectivity index (χ3n) is 4.36. The first-order valence-electron chi connectivity index (χ1n) is 6.22. The van der Waals surface area contributed by atoms with Gasteiger partial charge in [0.05, 0.1) is 0 Å². The predicted molar refractivity (Wildman–Crippen MR) is 67.0 cm³/mol. The number of hydrogen-bond acceptors (Lipinski definition) is 1. The molecular formula is C16H14O. The molecule has 0 unspecified atom stereocenters. The van der Waals surface area contributed by atoms with Gasteiger partial charge in [0.1, 0.15) is 5.60 Å². The minimum absolute atomic E-state index is 0.483. The second-order valence-electron chi connectivity index (χ2n) is 5.13. The minimum atomic E-state index is -0.748. The summed E-state index contributed by atoms with van der Waals surface area (Å²) in [5.74, 6) is 0.483. The number of hydrogen-bond donors (Lipinski definition) is 1. The van der Waals surface area contributed by atoms with Crippen molar-refractivity contribution in [2.75, 3.05) is 0 Å². The van der Waals surface area contributed by atoms with Crippen LogP contribution in [-0.4, -0.2) is 5.11 Å². The summed E-state index contributed by atoms with van der Waals surface area (Å²) in [5, 5.41) is 11.0. The number of fused-ring (bicyclic) bond motifs is 1. The number of rotatable bonds is 0. The van der Waals surface area contributed by atoms with Crippen molar-refractivity contribution in [3.63, 3.8) is 0 Å². The molecule has 0 heterocycles. The maximum absolute atomic E-state index is 11.0. The summed E-state index contributed by atoms with van der Waals surface area (Å²) in [5.41, 5.74) is 4.13. The molecule has 0 aliphatic heterocycles. The van der Waals surface area contributed by atoms with Gasteiger partial charge >= 0.3 is 0 Å². The molecule has 0 saturated heterocycles. The van der Waals surface area contributed by atoms with Gasteiger partial charge in [-0.15, -0.1) is 0 Å². The van der Waals surface area contributed by atoms with Crippen LogP contribution in [0.25, 0.3) is 0 Å². The van der Waals surface area contributed by atoms with Crippen molar-refractivity contribution in [3.8, 4) is 0 Å². The van der Waals surface area contributed by atoms with Gasteiger partial charge in [-0.3, -0.25) is 0 Å². The molecule has 3 aliphatic rings. The van der Waals surface area contributed by atoms with E-state index in [0.29, 0.717) is 5.92 Å². The van der Waals surface area contributed by atoms with Gasteiger partial charge < -0.3 is 5.11 Å². The van der Waals surface area contributed by atoms with Crippen LogP contribution in [0.5, 0.6) is 0 Å². The Morgan fingerprint density at radius 3 is 2.00 bits per heavy atom. The van der Waals surface area contributed by atoms with Crippen LogP contribution in [-0.2, 0) is 5.60 Å². The SMILES string of the molecule is OC12CCC(c3ccccc31)c1ccccc12. The van der Waals surface area contributed by atoms with Crippen molar-refractivity contribution < 1.29 is 5.11 Å². The summed E-state index contributed by atoms with van der Waals surface area (Å²) in [7, 11) is 0. The molecule has 0 radical (unpaired) electrons. The predicted octanol–water partition coefficient (Wildman–Crippen LogP) is 3.16. The van der Waals surface area contributed by atoms with E-state index in [4.69, 9.17) is 0 Å². The van der Waals surface area contributed by atoms with Gasteiger partial charge in [0.25, 0.3) is 0 Å². The molecule has 0 atom stereocenters. The highest BCUT2D eigenvalue weighted by atomic mass is 16.3. The second kappa shape index (κ2) is 2.99. The highest BCUT2D eigenvalue weighted by molar-refractivity contribution is 5.56. The molecule has 2 aromatic carbocycles. The lowest BCUT2D eigenvalue weighted by atomic mass is 9.61. The van der Waals surface area contributed by atoms with E-state index in [-0.39, 0.29) is 0 Å². The van der Waals surface area contributed by atoms with Crippen molar-refractivity contribution in [1.82, 2.24) is 0 Å². The third kappa shape index (κ3) is 1.03. The highest BCUT2D eigenvalue weighted by Crippen LogP contribution is 2.54. The van der Waals surface area contributed by atoms with Crippen LogP contribution in [0, 0.1) is 0 Å². The summed E-state index contributed by atoms with van der Waals surface area (Å²) >= 11 is 0. The van der Waals surface area contributed by atoms with Gasteiger partial charge in [-0.2, -0.15) is 0 Å². The van der Waals surface area contributed by atoms with Gasteiger partial charge in [-0.05, 0) is 35.1 Å². The molecule has 0 aromatic heterocycles. The molecule has 1 nitrogen and oxygen atoms in total. The smallest absolute Gasteiger partial charge is 0.115 e. The Labute approximate surface area is 101 Å². The number of benzene rings is 2. The topological polar surface area (TPSA) is 20.2 Å². The normalized spacial score (nSPS) is 28.6. The molecule has 5 rings (SSSR count). The fourth-order valence-corrected chi connectivity index (χ4v) is 3.60. The van der Waals surface area contributed by atoms with Crippen LogP contribution in [0.3, 0.4) is 0 Å². The van der Waals surface area contributed by atoms with Gasteiger partial charge in [0, 0.05) is 5.92 Å². The van der Waals surface area contributed by atoms with Crippen LogP contribution < -0.4 is 0 Å². The lowest BCUT2D eigenvalue weighted by Gasteiger charge is -2.46. The first kappa shape index (κ1) is 9.43. The highest BCUT2D eigenvalue weighted by Gasteiger charge is 2.46. The Balaban J connectivity index is 2.10. The fourth-order valence-electron chi connectivity index (χ4n) is 3.60. The van der Waals surface area contributed by atoms with Crippen LogP contribution >= 0.6 is 0 Å². The molecule has 2 bridgehead atoms. The van der Waals surface area contributed by atoms with Gasteiger partial charge in [0.15, 0.2) is 0 Å². The molecule has 2 aromatic rings. The zero-order valence-corrected chi connectivity index (χ0v) is 9.56. The summed E-state index contributed by atoms with van der Waals surface area (Å²) in [4.78, 5) is 0. The Morgan fingerprint density at radius 1 is 0.882 bits per heavy atom. The first-order valence-corrected chi connectivity index (χ1v) is 6.22. The van der Waals surface area contributed by atoms with Crippen molar-refractivity contribution >= 4 is 0 Å². The van der Waals surface area contributed by atoms with E-state index < -0.39 is 5.60 Å². The average molecular weight is 222 g/mol. The van der Waals surface area contributed by atoms with E-state index in [2.05, 4.69) is 36.4 Å². The largest absolute Gasteiger partial charge is 0.380 e. The Bertz CT molecular complexity index is 552. The first-order chi connectivity index (χ1) is 8.31. The zero-order valence-electron chi connectivity index (χ0n) is 9.56. The summed E-state index contributed by atoms with van der Waals surface area (Å²) < 4.78 is 0. The van der Waals surface area contributed by atoms with E-state index in [1.54, 1.807) is 0 Å². The maximum atomic E-state index is 11.0. The van der Waals surface area contributed by atoms with Crippen LogP contribution in [0.1, 0.15) is 41.0 Å². The quantitative estimate of drug-likeness (QED) is 0.726. The molecule has 0 fully saturated rings. The van der Waals surface area contributed by atoms with Crippen molar-refractivity contribution in [3.05, 3.63) is 70.8 Å². The van der Waals surface area contributed by atoms with E-state index in [0.717, 1.165) is 24.0 Å². The van der Waals surface area contributed by atoms with Gasteiger partial charge in [0.2, 0.25) is 0 Å². The molecular weight excluding hydrogens is 208 g/mol. The lowest BCUT2D eigenvalue weighted by molar-refractivity contribution is 0.0480. The molecule has 1 N–H and O–H groups in total. The maximum Gasteiger partial charge on any atom is 0.115 e. The monoisotopic (exact) mass is 222 g/mol. The van der Waals surface area contributed by atoms with Crippen LogP contribution in [0.4, 0.5) is 0 Å². The molecule has 0 saturated carbocycles. The van der Waals surface area contributed by atoms with E-state index in [1.165, 1.54) is 11.1 Å². The van der Waals surface area contributed by atoms with Gasteiger partial charge in [-0.25, -0.2) is 0 Å². The van der Waals surface area contributed by atoms with Crippen molar-refractivity contribution in [2.24, 2.45) is 0 Å². The summed E-state index contributed by atoms with van der Waals surface area (Å²) in [6, 6.07) is 16.7. The molecule has 1 heteroatoms. The Kier molecular flexibility index (Phi) is 1.66.